The summed E-state index contributed by atoms with van der Waals surface area (Å²) in [6.45, 7) is 11.4. The lowest BCUT2D eigenvalue weighted by molar-refractivity contribution is 0.204. The van der Waals surface area contributed by atoms with Crippen molar-refractivity contribution in [1.29, 1.82) is 0 Å². The van der Waals surface area contributed by atoms with Crippen LogP contribution in [0.15, 0.2) is 29.2 Å². The van der Waals surface area contributed by atoms with Gasteiger partial charge in [-0.3, -0.25) is 4.31 Å². The minimum Gasteiger partial charge on any atom is -0.250 e. The molecule has 0 radical (unpaired) electrons. The van der Waals surface area contributed by atoms with Gasteiger partial charge in [0.15, 0.2) is 0 Å². The van der Waals surface area contributed by atoms with Crippen LogP contribution in [0.4, 0.5) is 0 Å². The van der Waals surface area contributed by atoms with Crippen molar-refractivity contribution >= 4 is 33.6 Å². The molecule has 1 saturated carbocycles. The molecule has 4 nitrogen and oxygen atoms in total. The number of nitrogens with zero attached hydrogens (tertiary/aromatic N) is 2. The Morgan fingerprint density at radius 2 is 1.67 bits per heavy atom. The largest absolute Gasteiger partial charge is 0.250 e. The maximum absolute atomic E-state index is 12.6. The van der Waals surface area contributed by atoms with Crippen molar-refractivity contribution in [3.63, 3.8) is 0 Å². The van der Waals surface area contributed by atoms with Gasteiger partial charge < -0.3 is 0 Å². The quantitative estimate of drug-likeness (QED) is 0.487. The van der Waals surface area contributed by atoms with Crippen molar-refractivity contribution < 1.29 is 8.42 Å². The van der Waals surface area contributed by atoms with Crippen molar-refractivity contribution in [1.82, 2.24) is 8.61 Å². The number of benzene rings is 1. The molecule has 0 N–H and O–H groups in total. The summed E-state index contributed by atoms with van der Waals surface area (Å²) in [5.41, 5.74) is 0.719. The van der Waals surface area contributed by atoms with E-state index in [9.17, 15) is 8.42 Å². The fraction of sp³-hybridized carbons (Fsp3) is 0.739. The number of sulfonamides is 1. The van der Waals surface area contributed by atoms with Crippen LogP contribution in [0.1, 0.15) is 66.2 Å². The minimum absolute atomic E-state index is 0.0643. The molecule has 30 heavy (non-hydrogen) atoms. The maximum Gasteiger partial charge on any atom is 0.243 e. The van der Waals surface area contributed by atoms with E-state index in [4.69, 9.17) is 11.6 Å². The van der Waals surface area contributed by atoms with Crippen LogP contribution in [0.25, 0.3) is 0 Å². The third-order valence-corrected chi connectivity index (χ3v) is 10.5. The highest BCUT2D eigenvalue weighted by Crippen LogP contribution is 2.48. The summed E-state index contributed by atoms with van der Waals surface area (Å²) in [6, 6.07) is 6.52. The van der Waals surface area contributed by atoms with Crippen LogP contribution in [0.3, 0.4) is 0 Å². The van der Waals surface area contributed by atoms with Gasteiger partial charge in [-0.2, -0.15) is 4.31 Å². The predicted octanol–water partition coefficient (Wildman–Crippen LogP) is 6.07. The van der Waals surface area contributed by atoms with Gasteiger partial charge in [0.2, 0.25) is 10.0 Å². The molecular weight excluding hydrogens is 436 g/mol. The van der Waals surface area contributed by atoms with Crippen LogP contribution in [0, 0.1) is 11.3 Å². The number of halogens is 1. The van der Waals surface area contributed by atoms with Crippen molar-refractivity contribution in [3.8, 4) is 0 Å². The molecule has 1 aromatic rings. The Labute approximate surface area is 192 Å². The molecular formula is C23H37ClN2O2S2. The summed E-state index contributed by atoms with van der Waals surface area (Å²) in [4.78, 5) is 0.326. The first-order valence-electron chi connectivity index (χ1n) is 11.3. The van der Waals surface area contributed by atoms with E-state index in [1.54, 1.807) is 28.6 Å². The Morgan fingerprint density at radius 1 is 1.07 bits per heavy atom. The Morgan fingerprint density at radius 3 is 2.17 bits per heavy atom. The highest BCUT2D eigenvalue weighted by molar-refractivity contribution is 7.97. The van der Waals surface area contributed by atoms with Gasteiger partial charge in [0, 0.05) is 35.9 Å². The van der Waals surface area contributed by atoms with Gasteiger partial charge in [0.1, 0.15) is 0 Å². The summed E-state index contributed by atoms with van der Waals surface area (Å²) >= 11 is 7.89. The molecule has 0 bridgehead atoms. The molecule has 7 heteroatoms. The summed E-state index contributed by atoms with van der Waals surface area (Å²) < 4.78 is 29.4. The lowest BCUT2D eigenvalue weighted by Crippen LogP contribution is -2.47. The standard InChI is InChI=1S/C13H18ClNO2S.C10H19NS/c1-10-4-3-5-11(2)15(10)18(16,17)13-8-6-12(14)7-9-13;1-9-3-6-11(7-9)12-8-10(2)4-5-10/h6-11H,3-5H2,1-2H3;9H,3-8H2,1-2H3. The maximum atomic E-state index is 12.6. The Kier molecular flexibility index (Phi) is 8.22. The van der Waals surface area contributed by atoms with Crippen LogP contribution >= 0.6 is 23.5 Å². The van der Waals surface area contributed by atoms with Crippen molar-refractivity contribution in [2.75, 3.05) is 18.8 Å². The highest BCUT2D eigenvalue weighted by Gasteiger charge is 2.38. The van der Waals surface area contributed by atoms with Crippen molar-refractivity contribution in [2.24, 2.45) is 11.3 Å². The monoisotopic (exact) mass is 472 g/mol. The zero-order chi connectivity index (χ0) is 21.9. The van der Waals surface area contributed by atoms with E-state index in [-0.39, 0.29) is 12.1 Å². The molecule has 3 unspecified atom stereocenters. The van der Waals surface area contributed by atoms with Crippen molar-refractivity contribution in [2.45, 2.75) is 83.2 Å². The second-order valence-corrected chi connectivity index (χ2v) is 13.1. The van der Waals surface area contributed by atoms with E-state index in [1.807, 2.05) is 13.8 Å². The second kappa shape index (κ2) is 10.1. The minimum atomic E-state index is -3.40. The van der Waals surface area contributed by atoms with E-state index in [2.05, 4.69) is 30.1 Å². The van der Waals surface area contributed by atoms with Gasteiger partial charge in [-0.25, -0.2) is 8.42 Å². The first kappa shape index (κ1) is 24.4. The van der Waals surface area contributed by atoms with Gasteiger partial charge in [0.25, 0.3) is 0 Å². The molecule has 4 rings (SSSR count). The topological polar surface area (TPSA) is 40.6 Å². The van der Waals surface area contributed by atoms with Crippen molar-refractivity contribution in [3.05, 3.63) is 29.3 Å². The van der Waals surface area contributed by atoms with E-state index in [0.29, 0.717) is 9.92 Å². The number of piperidine rings is 1. The Hall–Kier alpha value is -0.270. The molecule has 3 atom stereocenters. The normalized spacial score (nSPS) is 29.3. The lowest BCUT2D eigenvalue weighted by Gasteiger charge is -2.37. The fourth-order valence-corrected chi connectivity index (χ4v) is 7.60. The zero-order valence-corrected chi connectivity index (χ0v) is 21.2. The summed E-state index contributed by atoms with van der Waals surface area (Å²) in [5.74, 6) is 2.30. The third kappa shape index (κ3) is 6.38. The van der Waals surface area contributed by atoms with E-state index < -0.39 is 10.0 Å². The molecule has 0 spiro atoms. The molecule has 0 aromatic heterocycles. The van der Waals surface area contributed by atoms with Crippen LogP contribution in [-0.4, -0.2) is 48.0 Å². The van der Waals surface area contributed by atoms with Gasteiger partial charge in [0.05, 0.1) is 4.90 Å². The van der Waals surface area contributed by atoms with E-state index in [1.165, 1.54) is 38.1 Å². The average Bonchev–Trinajstić information content (AvgIpc) is 3.27. The van der Waals surface area contributed by atoms with E-state index in [0.717, 1.165) is 30.6 Å². The summed E-state index contributed by atoms with van der Waals surface area (Å²) in [5, 5.41) is 0.550. The third-order valence-electron chi connectivity index (χ3n) is 6.59. The second-order valence-electron chi connectivity index (χ2n) is 9.78. The van der Waals surface area contributed by atoms with Gasteiger partial charge in [-0.05, 0) is 81.5 Å². The van der Waals surface area contributed by atoms with Crippen LogP contribution < -0.4 is 0 Å². The fourth-order valence-electron chi connectivity index (χ4n) is 4.22. The van der Waals surface area contributed by atoms with Gasteiger partial charge in [-0.1, -0.05) is 43.8 Å². The smallest absolute Gasteiger partial charge is 0.243 e. The average molecular weight is 473 g/mol. The first-order valence-corrected chi connectivity index (χ1v) is 14.0. The molecule has 3 aliphatic rings. The molecule has 2 saturated heterocycles. The summed E-state index contributed by atoms with van der Waals surface area (Å²) in [6.07, 6.45) is 7.28. The molecule has 0 amide bonds. The SMILES string of the molecule is CC1CCCC(C)N1S(=O)(=O)c1ccc(Cl)cc1.CC1CCN(SCC2(C)CC2)C1. The van der Waals surface area contributed by atoms with Gasteiger partial charge >= 0.3 is 0 Å². The molecule has 3 fully saturated rings. The summed E-state index contributed by atoms with van der Waals surface area (Å²) in [7, 11) is -3.40. The lowest BCUT2D eigenvalue weighted by atomic mass is 10.0. The molecule has 170 valence electrons. The van der Waals surface area contributed by atoms with Crippen LogP contribution in [0.2, 0.25) is 5.02 Å². The highest BCUT2D eigenvalue weighted by atomic mass is 35.5. The number of hydrogen-bond donors (Lipinski definition) is 0. The molecule has 1 aromatic carbocycles. The first-order chi connectivity index (χ1) is 14.1. The van der Waals surface area contributed by atoms with E-state index >= 15 is 0 Å². The molecule has 1 aliphatic carbocycles. The Balaban J connectivity index is 0.000000184. The van der Waals surface area contributed by atoms with Crippen LogP contribution in [0.5, 0.6) is 0 Å². The Bertz CT molecular complexity index is 786. The van der Waals surface area contributed by atoms with Gasteiger partial charge in [-0.15, -0.1) is 0 Å². The molecule has 2 heterocycles. The van der Waals surface area contributed by atoms with Crippen LogP contribution in [-0.2, 0) is 10.0 Å². The zero-order valence-electron chi connectivity index (χ0n) is 18.8. The number of hydrogen-bond acceptors (Lipinski definition) is 4. The predicted molar refractivity (Wildman–Crippen MR) is 128 cm³/mol. The molecule has 2 aliphatic heterocycles. The number of rotatable bonds is 5.